The highest BCUT2D eigenvalue weighted by molar-refractivity contribution is 5.86. The van der Waals surface area contributed by atoms with E-state index in [1.54, 1.807) is 7.11 Å². The van der Waals surface area contributed by atoms with E-state index in [0.717, 1.165) is 55.5 Å². The van der Waals surface area contributed by atoms with Gasteiger partial charge >= 0.3 is 0 Å². The van der Waals surface area contributed by atoms with Crippen LogP contribution in [0.25, 0.3) is 17.7 Å². The van der Waals surface area contributed by atoms with Crippen LogP contribution in [-0.2, 0) is 4.74 Å². The molecule has 1 unspecified atom stereocenters. The first-order valence-corrected chi connectivity index (χ1v) is 10.8. The quantitative estimate of drug-likeness (QED) is 0.693. The molecule has 1 saturated heterocycles. The molecule has 4 heteroatoms. The summed E-state index contributed by atoms with van der Waals surface area (Å²) in [5.74, 6) is 1.91. The Balaban J connectivity index is 1.63. The summed E-state index contributed by atoms with van der Waals surface area (Å²) in [5.41, 5.74) is 6.20. The highest BCUT2D eigenvalue weighted by Crippen LogP contribution is 2.36. The molecule has 4 rings (SSSR count). The van der Waals surface area contributed by atoms with Gasteiger partial charge in [0.2, 0.25) is 0 Å². The number of ether oxygens (including phenoxy) is 3. The molecule has 158 valence electrons. The second-order valence-corrected chi connectivity index (χ2v) is 8.00. The smallest absolute Gasteiger partial charge is 0.161 e. The lowest BCUT2D eigenvalue weighted by Gasteiger charge is -2.26. The normalized spacial score (nSPS) is 21.8. The van der Waals surface area contributed by atoms with Gasteiger partial charge in [-0.1, -0.05) is 49.4 Å². The molecule has 1 fully saturated rings. The molecule has 0 N–H and O–H groups in total. The second-order valence-electron chi connectivity index (χ2n) is 8.00. The average molecular weight is 406 g/mol. The van der Waals surface area contributed by atoms with Gasteiger partial charge in [0, 0.05) is 19.6 Å². The molecule has 4 nitrogen and oxygen atoms in total. The van der Waals surface area contributed by atoms with Gasteiger partial charge in [-0.15, -0.1) is 0 Å². The number of allylic oxidation sites excluding steroid dienone is 2. The minimum atomic E-state index is 0.339. The summed E-state index contributed by atoms with van der Waals surface area (Å²) in [7, 11) is 1.70. The molecule has 0 radical (unpaired) electrons. The summed E-state index contributed by atoms with van der Waals surface area (Å²) in [6.45, 7) is 9.50. The van der Waals surface area contributed by atoms with Gasteiger partial charge in [-0.05, 0) is 52.8 Å². The van der Waals surface area contributed by atoms with E-state index in [2.05, 4.69) is 73.4 Å². The predicted molar refractivity (Wildman–Crippen MR) is 123 cm³/mol. The maximum Gasteiger partial charge on any atom is 0.161 e. The number of benzene rings is 2. The van der Waals surface area contributed by atoms with Gasteiger partial charge in [0.15, 0.2) is 11.5 Å². The van der Waals surface area contributed by atoms with Crippen molar-refractivity contribution in [3.63, 3.8) is 0 Å². The van der Waals surface area contributed by atoms with E-state index in [9.17, 15) is 0 Å². The van der Waals surface area contributed by atoms with Crippen LogP contribution in [-0.4, -0.2) is 51.5 Å². The van der Waals surface area contributed by atoms with E-state index < -0.39 is 0 Å². The molecule has 1 atom stereocenters. The molecule has 2 aliphatic rings. The molecule has 1 aliphatic carbocycles. The molecule has 0 amide bonds. The van der Waals surface area contributed by atoms with Crippen LogP contribution < -0.4 is 9.47 Å². The van der Waals surface area contributed by atoms with Crippen molar-refractivity contribution in [1.29, 1.82) is 0 Å². The van der Waals surface area contributed by atoms with Crippen LogP contribution in [0.1, 0.15) is 42.0 Å². The number of rotatable bonds is 5. The SMILES string of the molecule is COc1cc2c(cc1OCCN1CCOCC1)/C=C(/C)c1ccccc1C(C)/C=C\2. The van der Waals surface area contributed by atoms with Crippen LogP contribution in [0.4, 0.5) is 0 Å². The molecular formula is C26H31NO3. The van der Waals surface area contributed by atoms with Crippen LogP contribution in [0, 0.1) is 0 Å². The van der Waals surface area contributed by atoms with E-state index >= 15 is 0 Å². The third kappa shape index (κ3) is 4.61. The van der Waals surface area contributed by atoms with Gasteiger partial charge < -0.3 is 14.2 Å². The molecular weight excluding hydrogens is 374 g/mol. The standard InChI is InChI=1S/C26H31NO3/c1-19-8-9-21-17-25(28-3)26(30-15-12-27-10-13-29-14-11-27)18-22(21)16-20(2)24-7-5-4-6-23(19)24/h4-9,16-19H,10-15H2,1-3H3/b9-8-,20-16-. The van der Waals surface area contributed by atoms with E-state index in [0.29, 0.717) is 12.5 Å². The lowest BCUT2D eigenvalue weighted by atomic mass is 9.92. The molecule has 2 aromatic carbocycles. The molecule has 0 spiro atoms. The first-order chi connectivity index (χ1) is 14.7. The Hall–Kier alpha value is -2.56. The minimum absolute atomic E-state index is 0.339. The van der Waals surface area contributed by atoms with Gasteiger partial charge in [0.25, 0.3) is 0 Å². The van der Waals surface area contributed by atoms with Gasteiger partial charge in [-0.3, -0.25) is 4.90 Å². The van der Waals surface area contributed by atoms with Crippen molar-refractivity contribution in [1.82, 2.24) is 4.90 Å². The van der Waals surface area contributed by atoms with Crippen molar-refractivity contribution < 1.29 is 14.2 Å². The fraction of sp³-hybridized carbons (Fsp3) is 0.385. The topological polar surface area (TPSA) is 30.9 Å². The zero-order chi connectivity index (χ0) is 20.9. The number of methoxy groups -OCH3 is 1. The van der Waals surface area contributed by atoms with Crippen LogP contribution in [0.15, 0.2) is 42.5 Å². The van der Waals surface area contributed by atoms with E-state index in [1.165, 1.54) is 16.7 Å². The molecule has 0 bridgehead atoms. The summed E-state index contributed by atoms with van der Waals surface area (Å²) >= 11 is 0. The first kappa shape index (κ1) is 20.7. The number of hydrogen-bond acceptors (Lipinski definition) is 4. The third-order valence-corrected chi connectivity index (χ3v) is 5.95. The summed E-state index contributed by atoms with van der Waals surface area (Å²) in [5, 5.41) is 0. The zero-order valence-electron chi connectivity index (χ0n) is 18.2. The van der Waals surface area contributed by atoms with Crippen LogP contribution >= 0.6 is 0 Å². The number of nitrogens with zero attached hydrogens (tertiary/aromatic N) is 1. The predicted octanol–water partition coefficient (Wildman–Crippen LogP) is 5.10. The lowest BCUT2D eigenvalue weighted by molar-refractivity contribution is 0.0321. The Kier molecular flexibility index (Phi) is 6.56. The monoisotopic (exact) mass is 405 g/mol. The second kappa shape index (κ2) is 9.50. The lowest BCUT2D eigenvalue weighted by Crippen LogP contribution is -2.38. The molecule has 0 saturated carbocycles. The largest absolute Gasteiger partial charge is 0.493 e. The third-order valence-electron chi connectivity index (χ3n) is 5.95. The number of fused-ring (bicyclic) bond motifs is 2. The fourth-order valence-corrected chi connectivity index (χ4v) is 4.16. The summed E-state index contributed by atoms with van der Waals surface area (Å²) in [6.07, 6.45) is 6.72. The Morgan fingerprint density at radius 2 is 1.83 bits per heavy atom. The molecule has 2 aromatic rings. The van der Waals surface area contributed by atoms with Gasteiger partial charge in [-0.2, -0.15) is 0 Å². The van der Waals surface area contributed by atoms with Crippen molar-refractivity contribution in [3.05, 3.63) is 64.7 Å². The molecule has 1 heterocycles. The summed E-state index contributed by atoms with van der Waals surface area (Å²) in [6, 6.07) is 12.9. The van der Waals surface area contributed by atoms with E-state index in [1.807, 2.05) is 0 Å². The maximum absolute atomic E-state index is 6.17. The van der Waals surface area contributed by atoms with Crippen LogP contribution in [0.2, 0.25) is 0 Å². The fourth-order valence-electron chi connectivity index (χ4n) is 4.16. The Bertz CT molecular complexity index is 941. The summed E-state index contributed by atoms with van der Waals surface area (Å²) < 4.78 is 17.2. The van der Waals surface area contributed by atoms with Gasteiger partial charge in [-0.25, -0.2) is 0 Å². The van der Waals surface area contributed by atoms with Crippen molar-refractivity contribution >= 4 is 17.7 Å². The number of hydrogen-bond donors (Lipinski definition) is 0. The maximum atomic E-state index is 6.17. The highest BCUT2D eigenvalue weighted by Gasteiger charge is 2.16. The zero-order valence-corrected chi connectivity index (χ0v) is 18.2. The average Bonchev–Trinajstić information content (AvgIpc) is 2.83. The van der Waals surface area contributed by atoms with Crippen molar-refractivity contribution in [3.8, 4) is 11.5 Å². The highest BCUT2D eigenvalue weighted by atomic mass is 16.5. The Morgan fingerprint density at radius 3 is 2.63 bits per heavy atom. The van der Waals surface area contributed by atoms with E-state index in [4.69, 9.17) is 14.2 Å². The van der Waals surface area contributed by atoms with Crippen LogP contribution in [0.3, 0.4) is 0 Å². The Labute approximate surface area is 179 Å². The summed E-state index contributed by atoms with van der Waals surface area (Å²) in [4.78, 5) is 2.37. The Morgan fingerprint density at radius 1 is 1.07 bits per heavy atom. The molecule has 30 heavy (non-hydrogen) atoms. The van der Waals surface area contributed by atoms with Crippen molar-refractivity contribution in [2.75, 3.05) is 46.6 Å². The minimum Gasteiger partial charge on any atom is -0.493 e. The van der Waals surface area contributed by atoms with Crippen molar-refractivity contribution in [2.24, 2.45) is 0 Å². The van der Waals surface area contributed by atoms with Crippen molar-refractivity contribution in [2.45, 2.75) is 19.8 Å². The molecule has 1 aliphatic heterocycles. The van der Waals surface area contributed by atoms with Gasteiger partial charge in [0.05, 0.1) is 20.3 Å². The van der Waals surface area contributed by atoms with Gasteiger partial charge in [0.1, 0.15) is 6.61 Å². The first-order valence-electron chi connectivity index (χ1n) is 10.8. The van der Waals surface area contributed by atoms with Crippen LogP contribution in [0.5, 0.6) is 11.5 Å². The number of morpholine rings is 1. The van der Waals surface area contributed by atoms with E-state index in [-0.39, 0.29) is 0 Å². The molecule has 0 aromatic heterocycles.